The number of carbonyl (C=O) groups is 2. The fraction of sp³-hybridized carbons (Fsp3) is 0.385. The number of hydrogen-bond donors (Lipinski definition) is 1. The molecule has 0 radical (unpaired) electrons. The third-order valence-electron chi connectivity index (χ3n) is 2.39. The molecule has 0 saturated heterocycles. The largest absolute Gasteiger partial charge is 0.516 e. The maximum Gasteiger partial charge on any atom is 0.516 e. The van der Waals surface area contributed by atoms with Crippen molar-refractivity contribution in [2.24, 2.45) is 11.7 Å². The zero-order valence-electron chi connectivity index (χ0n) is 10.3. The molecule has 0 aromatic heterocycles. The van der Waals surface area contributed by atoms with Crippen LogP contribution < -0.4 is 5.73 Å². The summed E-state index contributed by atoms with van der Waals surface area (Å²) in [6, 6.07) is 9.41. The average molecular weight is 251 g/mol. The SMILES string of the molecule is CCOC(=O)OC(=O)C(CN)Cc1ccccc1. The van der Waals surface area contributed by atoms with Gasteiger partial charge in [0.05, 0.1) is 12.5 Å². The molecule has 1 rings (SSSR count). The Morgan fingerprint density at radius 2 is 1.94 bits per heavy atom. The Kier molecular flexibility index (Phi) is 5.87. The lowest BCUT2D eigenvalue weighted by Gasteiger charge is -2.12. The van der Waals surface area contributed by atoms with Gasteiger partial charge < -0.3 is 15.2 Å². The van der Waals surface area contributed by atoms with E-state index < -0.39 is 18.0 Å². The van der Waals surface area contributed by atoms with Crippen molar-refractivity contribution < 1.29 is 19.1 Å². The lowest BCUT2D eigenvalue weighted by Crippen LogP contribution is -2.29. The van der Waals surface area contributed by atoms with E-state index in [1.807, 2.05) is 30.3 Å². The molecule has 0 amide bonds. The zero-order chi connectivity index (χ0) is 13.4. The van der Waals surface area contributed by atoms with Crippen LogP contribution in [0.25, 0.3) is 0 Å². The monoisotopic (exact) mass is 251 g/mol. The number of benzene rings is 1. The predicted molar refractivity (Wildman–Crippen MR) is 65.8 cm³/mol. The van der Waals surface area contributed by atoms with Crippen molar-refractivity contribution in [3.63, 3.8) is 0 Å². The molecule has 5 nitrogen and oxygen atoms in total. The van der Waals surface area contributed by atoms with Crippen LogP contribution in [0.3, 0.4) is 0 Å². The van der Waals surface area contributed by atoms with Gasteiger partial charge in [0.25, 0.3) is 0 Å². The van der Waals surface area contributed by atoms with Crippen molar-refractivity contribution in [3.05, 3.63) is 35.9 Å². The molecule has 0 saturated carbocycles. The van der Waals surface area contributed by atoms with E-state index >= 15 is 0 Å². The van der Waals surface area contributed by atoms with Gasteiger partial charge in [0, 0.05) is 6.54 Å². The van der Waals surface area contributed by atoms with Gasteiger partial charge in [-0.25, -0.2) is 4.79 Å². The lowest BCUT2D eigenvalue weighted by molar-refractivity contribution is -0.144. The molecule has 1 aromatic carbocycles. The van der Waals surface area contributed by atoms with Crippen LogP contribution in [-0.2, 0) is 20.7 Å². The molecule has 0 spiro atoms. The maximum atomic E-state index is 11.7. The van der Waals surface area contributed by atoms with E-state index in [1.165, 1.54) is 0 Å². The quantitative estimate of drug-likeness (QED) is 0.633. The van der Waals surface area contributed by atoms with Crippen molar-refractivity contribution in [1.82, 2.24) is 0 Å². The van der Waals surface area contributed by atoms with Crippen molar-refractivity contribution >= 4 is 12.1 Å². The molecule has 1 atom stereocenters. The van der Waals surface area contributed by atoms with E-state index in [1.54, 1.807) is 6.92 Å². The number of nitrogens with two attached hydrogens (primary N) is 1. The number of carbonyl (C=O) groups excluding carboxylic acids is 2. The van der Waals surface area contributed by atoms with Crippen LogP contribution in [-0.4, -0.2) is 25.3 Å². The molecule has 0 bridgehead atoms. The van der Waals surface area contributed by atoms with Crippen LogP contribution in [0.15, 0.2) is 30.3 Å². The van der Waals surface area contributed by atoms with E-state index in [9.17, 15) is 9.59 Å². The molecule has 0 aliphatic rings. The summed E-state index contributed by atoms with van der Waals surface area (Å²) in [5.74, 6) is -1.20. The Morgan fingerprint density at radius 1 is 1.28 bits per heavy atom. The molecular weight excluding hydrogens is 234 g/mol. The summed E-state index contributed by atoms with van der Waals surface area (Å²) in [5.41, 5.74) is 6.48. The molecule has 18 heavy (non-hydrogen) atoms. The summed E-state index contributed by atoms with van der Waals surface area (Å²) >= 11 is 0. The fourth-order valence-corrected chi connectivity index (χ4v) is 1.47. The highest BCUT2D eigenvalue weighted by Crippen LogP contribution is 2.10. The van der Waals surface area contributed by atoms with Gasteiger partial charge in [0.1, 0.15) is 0 Å². The Bertz CT molecular complexity index is 391. The van der Waals surface area contributed by atoms with Crippen molar-refractivity contribution in [2.75, 3.05) is 13.2 Å². The highest BCUT2D eigenvalue weighted by molar-refractivity contribution is 5.83. The molecule has 1 unspecified atom stereocenters. The molecule has 0 aliphatic carbocycles. The number of esters is 1. The van der Waals surface area contributed by atoms with E-state index in [0.29, 0.717) is 6.42 Å². The molecule has 5 heteroatoms. The topological polar surface area (TPSA) is 78.6 Å². The minimum Gasteiger partial charge on any atom is -0.434 e. The highest BCUT2D eigenvalue weighted by Gasteiger charge is 2.22. The summed E-state index contributed by atoms with van der Waals surface area (Å²) in [6.07, 6.45) is -0.538. The van der Waals surface area contributed by atoms with Crippen LogP contribution in [0.1, 0.15) is 12.5 Å². The zero-order valence-corrected chi connectivity index (χ0v) is 10.3. The summed E-state index contributed by atoms with van der Waals surface area (Å²) in [7, 11) is 0. The molecular formula is C13H17NO4. The number of hydrogen-bond acceptors (Lipinski definition) is 5. The molecule has 0 heterocycles. The Hall–Kier alpha value is -1.88. The van der Waals surface area contributed by atoms with Crippen LogP contribution in [0.2, 0.25) is 0 Å². The lowest BCUT2D eigenvalue weighted by atomic mass is 10.00. The standard InChI is InChI=1S/C13H17NO4/c1-2-17-13(16)18-12(15)11(9-14)8-10-6-4-3-5-7-10/h3-7,11H,2,8-9,14H2,1H3. The predicted octanol–water partition coefficient (Wildman–Crippen LogP) is 1.50. The summed E-state index contributed by atoms with van der Waals surface area (Å²) < 4.78 is 9.07. The third-order valence-corrected chi connectivity index (χ3v) is 2.39. The van der Waals surface area contributed by atoms with E-state index in [-0.39, 0.29) is 13.2 Å². The van der Waals surface area contributed by atoms with Gasteiger partial charge in [-0.05, 0) is 18.9 Å². The summed E-state index contributed by atoms with van der Waals surface area (Å²) in [5, 5.41) is 0. The fourth-order valence-electron chi connectivity index (χ4n) is 1.47. The van der Waals surface area contributed by atoms with Gasteiger partial charge >= 0.3 is 12.1 Å². The van der Waals surface area contributed by atoms with Gasteiger partial charge in [-0.2, -0.15) is 0 Å². The molecule has 0 aliphatic heterocycles. The normalized spacial score (nSPS) is 11.7. The minimum atomic E-state index is -0.978. The Balaban J connectivity index is 2.55. The second kappa shape index (κ2) is 7.45. The maximum absolute atomic E-state index is 11.7. The number of ether oxygens (including phenoxy) is 2. The van der Waals surface area contributed by atoms with E-state index in [0.717, 1.165) is 5.56 Å². The van der Waals surface area contributed by atoms with E-state index in [4.69, 9.17) is 5.73 Å². The average Bonchev–Trinajstić information content (AvgIpc) is 2.37. The van der Waals surface area contributed by atoms with Gasteiger partial charge in [-0.3, -0.25) is 4.79 Å². The first-order valence-corrected chi connectivity index (χ1v) is 5.79. The smallest absolute Gasteiger partial charge is 0.434 e. The molecule has 1 aromatic rings. The number of rotatable bonds is 5. The van der Waals surface area contributed by atoms with E-state index in [2.05, 4.69) is 9.47 Å². The van der Waals surface area contributed by atoms with Crippen LogP contribution in [0, 0.1) is 5.92 Å². The summed E-state index contributed by atoms with van der Waals surface area (Å²) in [6.45, 7) is 1.92. The van der Waals surface area contributed by atoms with Crippen molar-refractivity contribution in [3.8, 4) is 0 Å². The summed E-state index contributed by atoms with van der Waals surface area (Å²) in [4.78, 5) is 22.7. The first kappa shape index (κ1) is 14.2. The van der Waals surface area contributed by atoms with Crippen LogP contribution in [0.5, 0.6) is 0 Å². The first-order chi connectivity index (χ1) is 8.67. The molecule has 0 fully saturated rings. The van der Waals surface area contributed by atoms with Crippen LogP contribution >= 0.6 is 0 Å². The molecule has 98 valence electrons. The van der Waals surface area contributed by atoms with Gasteiger partial charge in [-0.1, -0.05) is 30.3 Å². The van der Waals surface area contributed by atoms with Gasteiger partial charge in [0.15, 0.2) is 0 Å². The van der Waals surface area contributed by atoms with Gasteiger partial charge in [-0.15, -0.1) is 0 Å². The second-order valence-electron chi connectivity index (χ2n) is 3.73. The van der Waals surface area contributed by atoms with Crippen molar-refractivity contribution in [1.29, 1.82) is 0 Å². The molecule has 2 N–H and O–H groups in total. The van der Waals surface area contributed by atoms with Crippen LogP contribution in [0.4, 0.5) is 4.79 Å². The van der Waals surface area contributed by atoms with Gasteiger partial charge in [0.2, 0.25) is 0 Å². The Morgan fingerprint density at radius 3 is 2.50 bits per heavy atom. The third kappa shape index (κ3) is 4.55. The Labute approximate surface area is 106 Å². The first-order valence-electron chi connectivity index (χ1n) is 5.79. The highest BCUT2D eigenvalue weighted by atomic mass is 16.7. The second-order valence-corrected chi connectivity index (χ2v) is 3.73. The minimum absolute atomic E-state index is 0.118. The van der Waals surface area contributed by atoms with Crippen molar-refractivity contribution in [2.45, 2.75) is 13.3 Å².